The number of ether oxygens (including phenoxy) is 1. The summed E-state index contributed by atoms with van der Waals surface area (Å²) in [7, 11) is 0. The molecule has 6 heteroatoms. The third kappa shape index (κ3) is 3.40. The highest BCUT2D eigenvalue weighted by atomic mass is 16.5. The van der Waals surface area contributed by atoms with Crippen molar-refractivity contribution >= 4 is 11.7 Å². The lowest BCUT2D eigenvalue weighted by Crippen LogP contribution is -2.46. The van der Waals surface area contributed by atoms with Gasteiger partial charge in [-0.15, -0.1) is 0 Å². The fraction of sp³-hybridized carbons (Fsp3) is 0.500. The minimum absolute atomic E-state index is 0.00955. The Morgan fingerprint density at radius 1 is 1.60 bits per heavy atom. The molecule has 2 rings (SSSR count). The molecule has 0 radical (unpaired) electrons. The molecule has 110 valence electrons. The third-order valence-corrected chi connectivity index (χ3v) is 3.45. The minimum Gasteiger partial charge on any atom is -0.491 e. The Morgan fingerprint density at radius 2 is 2.35 bits per heavy atom. The number of benzene rings is 1. The number of anilines is 1. The van der Waals surface area contributed by atoms with Gasteiger partial charge in [0.05, 0.1) is 6.04 Å². The Bertz CT molecular complexity index is 492. The van der Waals surface area contributed by atoms with E-state index in [1.165, 1.54) is 0 Å². The van der Waals surface area contributed by atoms with Gasteiger partial charge in [-0.3, -0.25) is 4.79 Å². The van der Waals surface area contributed by atoms with E-state index in [1.54, 1.807) is 18.2 Å². The second kappa shape index (κ2) is 6.11. The zero-order chi connectivity index (χ0) is 14.7. The monoisotopic (exact) mass is 280 g/mol. The number of nitrogens with two attached hydrogens (primary N) is 1. The number of aliphatic hydroxyl groups is 1. The number of carboxylic acid groups (broad SMARTS) is 1. The summed E-state index contributed by atoms with van der Waals surface area (Å²) < 4.78 is 5.59. The molecular weight excluding hydrogens is 260 g/mol. The van der Waals surface area contributed by atoms with Gasteiger partial charge in [0.2, 0.25) is 0 Å². The molecule has 1 aliphatic rings. The number of hydrogen-bond donors (Lipinski definition) is 4. The SMILES string of the molecule is CC(CCC(=O)O)N[C@@H]1COc2cc(N)ccc2[C@@H]1O. The number of hydrogen-bond acceptors (Lipinski definition) is 5. The Kier molecular flexibility index (Phi) is 4.46. The summed E-state index contributed by atoms with van der Waals surface area (Å²) in [5.74, 6) is -0.214. The van der Waals surface area contributed by atoms with Crippen LogP contribution in [0.25, 0.3) is 0 Å². The molecule has 5 N–H and O–H groups in total. The molecule has 3 atom stereocenters. The fourth-order valence-corrected chi connectivity index (χ4v) is 2.34. The lowest BCUT2D eigenvalue weighted by atomic mass is 9.97. The lowest BCUT2D eigenvalue weighted by molar-refractivity contribution is -0.137. The summed E-state index contributed by atoms with van der Waals surface area (Å²) in [5.41, 5.74) is 6.97. The number of aliphatic carboxylic acids is 1. The summed E-state index contributed by atoms with van der Waals surface area (Å²) in [5, 5.41) is 22.2. The average molecular weight is 280 g/mol. The molecule has 0 saturated heterocycles. The van der Waals surface area contributed by atoms with E-state index < -0.39 is 12.1 Å². The van der Waals surface area contributed by atoms with Crippen LogP contribution in [-0.4, -0.2) is 34.9 Å². The summed E-state index contributed by atoms with van der Waals surface area (Å²) in [6.07, 6.45) is -0.0791. The largest absolute Gasteiger partial charge is 0.491 e. The first kappa shape index (κ1) is 14.6. The van der Waals surface area contributed by atoms with E-state index >= 15 is 0 Å². The molecule has 1 aromatic rings. The van der Waals surface area contributed by atoms with Crippen molar-refractivity contribution in [3.8, 4) is 5.75 Å². The number of carbonyl (C=O) groups is 1. The molecule has 0 spiro atoms. The van der Waals surface area contributed by atoms with E-state index in [1.807, 2.05) is 6.92 Å². The van der Waals surface area contributed by atoms with Gasteiger partial charge in [-0.25, -0.2) is 0 Å². The minimum atomic E-state index is -0.820. The van der Waals surface area contributed by atoms with E-state index in [4.69, 9.17) is 15.6 Å². The Morgan fingerprint density at radius 3 is 3.05 bits per heavy atom. The van der Waals surface area contributed by atoms with Crippen molar-refractivity contribution in [1.82, 2.24) is 5.32 Å². The number of carboxylic acids is 1. The maximum Gasteiger partial charge on any atom is 0.303 e. The quantitative estimate of drug-likeness (QED) is 0.597. The van der Waals surface area contributed by atoms with Crippen LogP contribution >= 0.6 is 0 Å². The van der Waals surface area contributed by atoms with Gasteiger partial charge in [0.25, 0.3) is 0 Å². The van der Waals surface area contributed by atoms with Gasteiger partial charge >= 0.3 is 5.97 Å². The molecule has 1 heterocycles. The van der Waals surface area contributed by atoms with E-state index in [0.29, 0.717) is 30.0 Å². The van der Waals surface area contributed by atoms with Gasteiger partial charge in [0.15, 0.2) is 0 Å². The molecular formula is C14H20N2O4. The normalized spacial score (nSPS) is 22.7. The third-order valence-electron chi connectivity index (χ3n) is 3.45. The first-order valence-corrected chi connectivity index (χ1v) is 6.65. The number of rotatable bonds is 5. The van der Waals surface area contributed by atoms with Crippen LogP contribution < -0.4 is 15.8 Å². The fourth-order valence-electron chi connectivity index (χ4n) is 2.34. The number of fused-ring (bicyclic) bond motifs is 1. The van der Waals surface area contributed by atoms with Crippen LogP contribution in [0.5, 0.6) is 5.75 Å². The van der Waals surface area contributed by atoms with Crippen LogP contribution in [0.3, 0.4) is 0 Å². The summed E-state index contributed by atoms with van der Waals surface area (Å²) in [6.45, 7) is 2.23. The first-order chi connectivity index (χ1) is 9.47. The highest BCUT2D eigenvalue weighted by molar-refractivity contribution is 5.66. The number of nitrogen functional groups attached to an aromatic ring is 1. The van der Waals surface area contributed by atoms with E-state index in [9.17, 15) is 9.90 Å². The Hall–Kier alpha value is -1.79. The Labute approximate surface area is 117 Å². The maximum atomic E-state index is 10.5. The molecule has 1 aromatic carbocycles. The highest BCUT2D eigenvalue weighted by Crippen LogP contribution is 2.33. The first-order valence-electron chi connectivity index (χ1n) is 6.65. The molecule has 0 fully saturated rings. The van der Waals surface area contributed by atoms with Crippen LogP contribution in [0.4, 0.5) is 5.69 Å². The van der Waals surface area contributed by atoms with Crippen molar-refractivity contribution < 1.29 is 19.7 Å². The van der Waals surface area contributed by atoms with Crippen LogP contribution in [-0.2, 0) is 4.79 Å². The van der Waals surface area contributed by atoms with E-state index in [0.717, 1.165) is 0 Å². The van der Waals surface area contributed by atoms with Crippen LogP contribution in [0.2, 0.25) is 0 Å². The van der Waals surface area contributed by atoms with Crippen LogP contribution in [0.1, 0.15) is 31.4 Å². The Balaban J connectivity index is 1.98. The molecule has 20 heavy (non-hydrogen) atoms. The summed E-state index contributed by atoms with van der Waals surface area (Å²) in [4.78, 5) is 10.5. The van der Waals surface area contributed by atoms with Gasteiger partial charge in [-0.2, -0.15) is 0 Å². The van der Waals surface area contributed by atoms with Gasteiger partial charge in [-0.05, 0) is 19.4 Å². The summed E-state index contributed by atoms with van der Waals surface area (Å²) >= 11 is 0. The van der Waals surface area contributed by atoms with Gasteiger partial charge in [0, 0.05) is 29.8 Å². The van der Waals surface area contributed by atoms with Crippen molar-refractivity contribution in [1.29, 1.82) is 0 Å². The second-order valence-electron chi connectivity index (χ2n) is 5.16. The van der Waals surface area contributed by atoms with Gasteiger partial charge < -0.3 is 26.0 Å². The number of aliphatic hydroxyl groups excluding tert-OH is 1. The molecule has 0 bridgehead atoms. The average Bonchev–Trinajstić information content (AvgIpc) is 2.39. The van der Waals surface area contributed by atoms with Crippen molar-refractivity contribution in [2.24, 2.45) is 0 Å². The smallest absolute Gasteiger partial charge is 0.303 e. The van der Waals surface area contributed by atoms with Crippen molar-refractivity contribution in [2.75, 3.05) is 12.3 Å². The zero-order valence-electron chi connectivity index (χ0n) is 11.4. The van der Waals surface area contributed by atoms with Crippen molar-refractivity contribution in [3.63, 3.8) is 0 Å². The predicted molar refractivity (Wildman–Crippen MR) is 74.6 cm³/mol. The summed E-state index contributed by atoms with van der Waals surface area (Å²) in [6, 6.07) is 4.91. The standard InChI is InChI=1S/C14H20N2O4/c1-8(2-5-13(17)18)16-11-7-20-12-6-9(15)3-4-10(12)14(11)19/h3-4,6,8,11,14,16,19H,2,5,7,15H2,1H3,(H,17,18)/t8?,11-,14+/m1/s1. The second-order valence-corrected chi connectivity index (χ2v) is 5.16. The maximum absolute atomic E-state index is 10.5. The van der Waals surface area contributed by atoms with Crippen molar-refractivity contribution in [2.45, 2.75) is 38.0 Å². The molecule has 1 unspecified atom stereocenters. The molecule has 0 saturated carbocycles. The van der Waals surface area contributed by atoms with E-state index in [2.05, 4.69) is 5.32 Å². The van der Waals surface area contributed by atoms with Crippen molar-refractivity contribution in [3.05, 3.63) is 23.8 Å². The van der Waals surface area contributed by atoms with E-state index in [-0.39, 0.29) is 18.5 Å². The van der Waals surface area contributed by atoms with Crippen LogP contribution in [0.15, 0.2) is 18.2 Å². The molecule has 1 aliphatic heterocycles. The molecule has 6 nitrogen and oxygen atoms in total. The molecule has 0 aliphatic carbocycles. The van der Waals surface area contributed by atoms with Crippen LogP contribution in [0, 0.1) is 0 Å². The van der Waals surface area contributed by atoms with Gasteiger partial charge in [0.1, 0.15) is 18.5 Å². The lowest BCUT2D eigenvalue weighted by Gasteiger charge is -2.33. The molecule has 0 amide bonds. The zero-order valence-corrected chi connectivity index (χ0v) is 11.4. The molecule has 0 aromatic heterocycles. The predicted octanol–water partition coefficient (Wildman–Crippen LogP) is 0.906. The highest BCUT2D eigenvalue weighted by Gasteiger charge is 2.30. The van der Waals surface area contributed by atoms with Gasteiger partial charge in [-0.1, -0.05) is 6.07 Å². The topological polar surface area (TPSA) is 105 Å². The number of nitrogens with one attached hydrogen (secondary N) is 1.